The van der Waals surface area contributed by atoms with E-state index in [-0.39, 0.29) is 11.9 Å². The number of aromatic nitrogens is 2. The van der Waals surface area contributed by atoms with Gasteiger partial charge in [-0.25, -0.2) is 9.37 Å². The Labute approximate surface area is 118 Å². The van der Waals surface area contributed by atoms with Gasteiger partial charge in [-0.15, -0.1) is 0 Å². The van der Waals surface area contributed by atoms with Gasteiger partial charge >= 0.3 is 0 Å². The molecule has 1 aliphatic rings. The van der Waals surface area contributed by atoms with E-state index in [0.717, 1.165) is 30.2 Å². The lowest BCUT2D eigenvalue weighted by molar-refractivity contribution is 0.511. The van der Waals surface area contributed by atoms with Gasteiger partial charge in [0, 0.05) is 11.3 Å². The van der Waals surface area contributed by atoms with E-state index in [1.807, 2.05) is 13.0 Å². The molecular weight excluding hydrogens is 253 g/mol. The highest BCUT2D eigenvalue weighted by Crippen LogP contribution is 2.27. The summed E-state index contributed by atoms with van der Waals surface area (Å²) >= 11 is 0. The Balaban J connectivity index is 1.93. The third kappa shape index (κ3) is 2.61. The zero-order valence-electron chi connectivity index (χ0n) is 11.7. The van der Waals surface area contributed by atoms with Crippen molar-refractivity contribution in [2.45, 2.75) is 38.6 Å². The van der Waals surface area contributed by atoms with Crippen LogP contribution in [-0.2, 0) is 0 Å². The number of hydrogen-bond donors (Lipinski definition) is 2. The van der Waals surface area contributed by atoms with Crippen LogP contribution in [0.15, 0.2) is 24.3 Å². The lowest BCUT2D eigenvalue weighted by Gasteiger charge is -2.12. The van der Waals surface area contributed by atoms with Crippen LogP contribution < -0.4 is 5.32 Å². The first-order valence-electron chi connectivity index (χ1n) is 7.30. The van der Waals surface area contributed by atoms with Gasteiger partial charge in [0.1, 0.15) is 11.6 Å². The summed E-state index contributed by atoms with van der Waals surface area (Å²) < 4.78 is 13.9. The molecule has 1 aromatic carbocycles. The Morgan fingerprint density at radius 2 is 2.05 bits per heavy atom. The van der Waals surface area contributed by atoms with Gasteiger partial charge in [0.25, 0.3) is 0 Å². The molecule has 1 fully saturated rings. The van der Waals surface area contributed by atoms with Gasteiger partial charge in [0.15, 0.2) is 0 Å². The van der Waals surface area contributed by atoms with Crippen molar-refractivity contribution in [3.8, 4) is 11.3 Å². The van der Waals surface area contributed by atoms with Crippen LogP contribution in [0.25, 0.3) is 11.3 Å². The lowest BCUT2D eigenvalue weighted by Crippen LogP contribution is -2.21. The number of aromatic amines is 1. The summed E-state index contributed by atoms with van der Waals surface area (Å²) in [5, 5.41) is 3.52. The van der Waals surface area contributed by atoms with Crippen molar-refractivity contribution < 1.29 is 4.39 Å². The molecule has 0 spiro atoms. The molecule has 0 bridgehead atoms. The summed E-state index contributed by atoms with van der Waals surface area (Å²) in [6.07, 6.45) is 4.79. The van der Waals surface area contributed by atoms with E-state index in [1.165, 1.54) is 25.3 Å². The fraction of sp³-hybridized carbons (Fsp3) is 0.438. The van der Waals surface area contributed by atoms with Gasteiger partial charge in [0.2, 0.25) is 0 Å². The van der Waals surface area contributed by atoms with E-state index in [4.69, 9.17) is 0 Å². The maximum atomic E-state index is 13.9. The summed E-state index contributed by atoms with van der Waals surface area (Å²) in [6.45, 7) is 2.98. The Morgan fingerprint density at radius 1 is 1.20 bits per heavy atom. The molecular formula is C16H20FN3. The molecule has 20 heavy (non-hydrogen) atoms. The highest BCUT2D eigenvalue weighted by molar-refractivity contribution is 5.62. The number of nitrogens with zero attached hydrogens (tertiary/aromatic N) is 1. The Hall–Kier alpha value is -1.68. The van der Waals surface area contributed by atoms with Gasteiger partial charge in [0.05, 0.1) is 11.7 Å². The van der Waals surface area contributed by atoms with Crippen molar-refractivity contribution in [3.63, 3.8) is 0 Å². The van der Waals surface area contributed by atoms with Crippen LogP contribution in [-0.4, -0.2) is 16.5 Å². The molecule has 3 rings (SSSR count). The van der Waals surface area contributed by atoms with Gasteiger partial charge < -0.3 is 10.3 Å². The topological polar surface area (TPSA) is 40.7 Å². The van der Waals surface area contributed by atoms with Crippen LogP contribution >= 0.6 is 0 Å². The third-order valence-corrected chi connectivity index (χ3v) is 3.92. The van der Waals surface area contributed by atoms with E-state index in [0.29, 0.717) is 5.56 Å². The molecule has 3 nitrogen and oxygen atoms in total. The van der Waals surface area contributed by atoms with Gasteiger partial charge in [-0.05, 0) is 38.4 Å². The number of hydrogen-bond acceptors (Lipinski definition) is 2. The van der Waals surface area contributed by atoms with Crippen LogP contribution in [0.2, 0.25) is 0 Å². The largest absolute Gasteiger partial charge is 0.344 e. The maximum Gasteiger partial charge on any atom is 0.132 e. The molecule has 1 aromatic heterocycles. The van der Waals surface area contributed by atoms with E-state index in [1.54, 1.807) is 12.1 Å². The first-order valence-corrected chi connectivity index (χ1v) is 7.30. The van der Waals surface area contributed by atoms with Crippen molar-refractivity contribution in [2.75, 3.05) is 6.54 Å². The molecule has 1 aliphatic heterocycles. The molecule has 1 atom stereocenters. The van der Waals surface area contributed by atoms with Gasteiger partial charge in [-0.2, -0.15) is 0 Å². The first-order chi connectivity index (χ1) is 9.75. The van der Waals surface area contributed by atoms with Crippen LogP contribution in [0.5, 0.6) is 0 Å². The van der Waals surface area contributed by atoms with Crippen molar-refractivity contribution >= 4 is 0 Å². The van der Waals surface area contributed by atoms with Crippen LogP contribution in [0.1, 0.15) is 43.2 Å². The number of imidazole rings is 1. The molecule has 106 valence electrons. The lowest BCUT2D eigenvalue weighted by atomic mass is 10.1. The molecule has 1 unspecified atom stereocenters. The molecule has 2 heterocycles. The minimum absolute atomic E-state index is 0.220. The molecule has 0 aliphatic carbocycles. The van der Waals surface area contributed by atoms with Crippen LogP contribution in [0.3, 0.4) is 0 Å². The molecule has 0 amide bonds. The van der Waals surface area contributed by atoms with E-state index in [9.17, 15) is 4.39 Å². The quantitative estimate of drug-likeness (QED) is 0.875. The Bertz CT molecular complexity index is 583. The average molecular weight is 273 g/mol. The summed E-state index contributed by atoms with van der Waals surface area (Å²) in [5.41, 5.74) is 2.22. The summed E-state index contributed by atoms with van der Waals surface area (Å²) in [7, 11) is 0. The second-order valence-corrected chi connectivity index (χ2v) is 5.43. The standard InChI is InChI=1S/C16H20FN3/c1-11-15(12-7-4-5-8-13(12)17)20-16(19-11)14-9-3-2-6-10-18-14/h4-5,7-8,14,18H,2-3,6,9-10H2,1H3,(H,19,20). The third-order valence-electron chi connectivity index (χ3n) is 3.92. The predicted octanol–water partition coefficient (Wildman–Crippen LogP) is 3.73. The maximum absolute atomic E-state index is 13.9. The zero-order chi connectivity index (χ0) is 13.9. The summed E-state index contributed by atoms with van der Waals surface area (Å²) in [5.74, 6) is 0.713. The number of benzene rings is 1. The second-order valence-electron chi connectivity index (χ2n) is 5.43. The highest BCUT2D eigenvalue weighted by Gasteiger charge is 2.19. The molecule has 0 saturated carbocycles. The van der Waals surface area contributed by atoms with Gasteiger partial charge in [-0.3, -0.25) is 0 Å². The normalized spacial score (nSPS) is 19.8. The van der Waals surface area contributed by atoms with Crippen LogP contribution in [0.4, 0.5) is 4.39 Å². The van der Waals surface area contributed by atoms with E-state index >= 15 is 0 Å². The molecule has 2 N–H and O–H groups in total. The minimum Gasteiger partial charge on any atom is -0.344 e. The van der Waals surface area contributed by atoms with Crippen molar-refractivity contribution in [3.05, 3.63) is 41.6 Å². The summed E-state index contributed by atoms with van der Waals surface area (Å²) in [6, 6.07) is 7.07. The van der Waals surface area contributed by atoms with Crippen LogP contribution in [0, 0.1) is 12.7 Å². The Morgan fingerprint density at radius 3 is 2.90 bits per heavy atom. The summed E-state index contributed by atoms with van der Waals surface area (Å²) in [4.78, 5) is 7.98. The zero-order valence-corrected chi connectivity index (χ0v) is 11.7. The van der Waals surface area contributed by atoms with Crippen molar-refractivity contribution in [2.24, 2.45) is 0 Å². The number of aryl methyl sites for hydroxylation is 1. The highest BCUT2D eigenvalue weighted by atomic mass is 19.1. The molecule has 4 heteroatoms. The van der Waals surface area contributed by atoms with Crippen molar-refractivity contribution in [1.82, 2.24) is 15.3 Å². The number of nitrogens with one attached hydrogen (secondary N) is 2. The first kappa shape index (κ1) is 13.3. The average Bonchev–Trinajstić information content (AvgIpc) is 2.67. The number of rotatable bonds is 2. The van der Waals surface area contributed by atoms with Gasteiger partial charge in [-0.1, -0.05) is 25.0 Å². The van der Waals surface area contributed by atoms with E-state index in [2.05, 4.69) is 15.3 Å². The smallest absolute Gasteiger partial charge is 0.132 e. The number of H-pyrrole nitrogens is 1. The fourth-order valence-electron chi connectivity index (χ4n) is 2.83. The van der Waals surface area contributed by atoms with E-state index < -0.39 is 0 Å². The monoisotopic (exact) mass is 273 g/mol. The minimum atomic E-state index is -0.220. The number of halogens is 1. The second kappa shape index (κ2) is 5.75. The Kier molecular flexibility index (Phi) is 3.83. The molecule has 1 saturated heterocycles. The van der Waals surface area contributed by atoms with Crippen molar-refractivity contribution in [1.29, 1.82) is 0 Å². The molecule has 0 radical (unpaired) electrons. The molecule has 2 aromatic rings. The predicted molar refractivity (Wildman–Crippen MR) is 77.9 cm³/mol. The SMILES string of the molecule is Cc1[nH]c(C2CCCCCN2)nc1-c1ccccc1F. The fourth-order valence-corrected chi connectivity index (χ4v) is 2.83.